The van der Waals surface area contributed by atoms with Gasteiger partial charge in [-0.15, -0.1) is 11.3 Å². The van der Waals surface area contributed by atoms with Crippen LogP contribution in [0.5, 0.6) is 0 Å². The Morgan fingerprint density at radius 3 is 3.00 bits per heavy atom. The van der Waals surface area contributed by atoms with Gasteiger partial charge < -0.3 is 5.11 Å². The molecule has 0 fully saturated rings. The molecular weight excluding hydrogens is 196 g/mol. The van der Waals surface area contributed by atoms with Crippen LogP contribution in [0.1, 0.15) is 30.3 Å². The fourth-order valence-corrected chi connectivity index (χ4v) is 2.80. The van der Waals surface area contributed by atoms with E-state index < -0.39 is 0 Å². The zero-order chi connectivity index (χ0) is 10.1. The lowest BCUT2D eigenvalue weighted by Gasteiger charge is -2.05. The van der Waals surface area contributed by atoms with E-state index in [1.807, 2.05) is 12.5 Å². The number of imidazole rings is 1. The number of aromatic nitrogens is 2. The zero-order valence-electron chi connectivity index (χ0n) is 8.40. The van der Waals surface area contributed by atoms with Crippen LogP contribution in [-0.4, -0.2) is 21.1 Å². The Bertz CT molecular complexity index is 430. The van der Waals surface area contributed by atoms with Gasteiger partial charge in [0.25, 0.3) is 0 Å². The molecule has 14 heavy (non-hydrogen) atoms. The number of rotatable bonds is 3. The highest BCUT2D eigenvalue weighted by molar-refractivity contribution is 7.17. The van der Waals surface area contributed by atoms with E-state index in [0.29, 0.717) is 12.3 Å². The van der Waals surface area contributed by atoms with Gasteiger partial charge in [-0.05, 0) is 5.92 Å². The molecule has 0 aliphatic carbocycles. The van der Waals surface area contributed by atoms with Gasteiger partial charge in [0, 0.05) is 23.6 Å². The zero-order valence-corrected chi connectivity index (χ0v) is 9.21. The van der Waals surface area contributed by atoms with Crippen molar-refractivity contribution >= 4 is 16.2 Å². The van der Waals surface area contributed by atoms with E-state index >= 15 is 0 Å². The molecular formula is C10H14N2OS. The topological polar surface area (TPSA) is 37.5 Å². The molecule has 2 rings (SSSR count). The second kappa shape index (κ2) is 3.71. The minimum Gasteiger partial charge on any atom is -0.396 e. The highest BCUT2D eigenvalue weighted by Gasteiger charge is 2.13. The molecule has 4 heteroatoms. The smallest absolute Gasteiger partial charge is 0.119 e. The summed E-state index contributed by atoms with van der Waals surface area (Å²) < 4.78 is 2.08. The molecule has 0 unspecified atom stereocenters. The van der Waals surface area contributed by atoms with E-state index in [9.17, 15) is 0 Å². The number of hydrogen-bond donors (Lipinski definition) is 1. The monoisotopic (exact) mass is 210 g/mol. The molecule has 0 amide bonds. The summed E-state index contributed by atoms with van der Waals surface area (Å²) in [6.45, 7) is 4.56. The molecule has 0 radical (unpaired) electrons. The minimum atomic E-state index is 0.198. The standard InChI is InChI=1S/C10H14N2OS/c1-7(2)10-8(3-4-13)12-6-11-5-9(12)14-10/h5-7,13H,3-4H2,1-2H3. The third-order valence-corrected chi connectivity index (χ3v) is 3.71. The number of aliphatic hydroxyl groups is 1. The van der Waals surface area contributed by atoms with Gasteiger partial charge in [0.2, 0.25) is 0 Å². The molecule has 2 aromatic rings. The van der Waals surface area contributed by atoms with Crippen LogP contribution in [-0.2, 0) is 6.42 Å². The number of thiazole rings is 1. The summed E-state index contributed by atoms with van der Waals surface area (Å²) in [7, 11) is 0. The maximum Gasteiger partial charge on any atom is 0.119 e. The van der Waals surface area contributed by atoms with E-state index in [1.54, 1.807) is 11.3 Å². The Kier molecular flexibility index (Phi) is 2.56. The second-order valence-electron chi connectivity index (χ2n) is 3.64. The van der Waals surface area contributed by atoms with Gasteiger partial charge in [0.1, 0.15) is 11.2 Å². The van der Waals surface area contributed by atoms with Gasteiger partial charge in [-0.3, -0.25) is 4.40 Å². The van der Waals surface area contributed by atoms with Crippen molar-refractivity contribution in [1.29, 1.82) is 0 Å². The Morgan fingerprint density at radius 1 is 1.57 bits per heavy atom. The normalized spacial score (nSPS) is 11.7. The van der Waals surface area contributed by atoms with Crippen molar-refractivity contribution in [3.05, 3.63) is 23.1 Å². The average molecular weight is 210 g/mol. The van der Waals surface area contributed by atoms with Gasteiger partial charge in [0.05, 0.1) is 6.20 Å². The lowest BCUT2D eigenvalue weighted by Crippen LogP contribution is -1.99. The third kappa shape index (κ3) is 1.44. The first-order valence-corrected chi connectivity index (χ1v) is 5.60. The van der Waals surface area contributed by atoms with Gasteiger partial charge in [0.15, 0.2) is 0 Å². The van der Waals surface area contributed by atoms with E-state index in [2.05, 4.69) is 23.2 Å². The van der Waals surface area contributed by atoms with Crippen molar-refractivity contribution in [2.45, 2.75) is 26.2 Å². The Labute approximate surface area is 87.0 Å². The fourth-order valence-electron chi connectivity index (χ4n) is 1.65. The van der Waals surface area contributed by atoms with Crippen LogP contribution in [0, 0.1) is 0 Å². The second-order valence-corrected chi connectivity index (χ2v) is 4.71. The lowest BCUT2D eigenvalue weighted by molar-refractivity contribution is 0.297. The van der Waals surface area contributed by atoms with Gasteiger partial charge >= 0.3 is 0 Å². The van der Waals surface area contributed by atoms with E-state index in [-0.39, 0.29) is 6.61 Å². The molecule has 2 aromatic heterocycles. The molecule has 0 atom stereocenters. The molecule has 0 saturated carbocycles. The van der Waals surface area contributed by atoms with Gasteiger partial charge in [-0.2, -0.15) is 0 Å². The van der Waals surface area contributed by atoms with Crippen LogP contribution in [0.3, 0.4) is 0 Å². The summed E-state index contributed by atoms with van der Waals surface area (Å²) in [5, 5.41) is 9.01. The number of aliphatic hydroxyl groups excluding tert-OH is 1. The Morgan fingerprint density at radius 2 is 2.36 bits per heavy atom. The highest BCUT2D eigenvalue weighted by atomic mass is 32.1. The summed E-state index contributed by atoms with van der Waals surface area (Å²) in [5.41, 5.74) is 1.21. The lowest BCUT2D eigenvalue weighted by atomic mass is 10.1. The highest BCUT2D eigenvalue weighted by Crippen LogP contribution is 2.29. The molecule has 2 heterocycles. The van der Waals surface area contributed by atoms with Crippen molar-refractivity contribution in [2.75, 3.05) is 6.61 Å². The molecule has 0 aliphatic heterocycles. The van der Waals surface area contributed by atoms with Gasteiger partial charge in [-0.1, -0.05) is 13.8 Å². The summed E-state index contributed by atoms with van der Waals surface area (Å²) >= 11 is 1.77. The van der Waals surface area contributed by atoms with Crippen LogP contribution >= 0.6 is 11.3 Å². The first-order chi connectivity index (χ1) is 6.74. The van der Waals surface area contributed by atoms with Crippen molar-refractivity contribution in [3.8, 4) is 0 Å². The van der Waals surface area contributed by atoms with Crippen LogP contribution in [0.2, 0.25) is 0 Å². The molecule has 0 saturated heterocycles. The molecule has 1 N–H and O–H groups in total. The van der Waals surface area contributed by atoms with Crippen LogP contribution < -0.4 is 0 Å². The van der Waals surface area contributed by atoms with E-state index in [1.165, 1.54) is 10.6 Å². The first-order valence-electron chi connectivity index (χ1n) is 4.78. The van der Waals surface area contributed by atoms with Crippen LogP contribution in [0.25, 0.3) is 4.83 Å². The average Bonchev–Trinajstić information content (AvgIpc) is 2.67. The van der Waals surface area contributed by atoms with Gasteiger partial charge in [-0.25, -0.2) is 4.98 Å². The molecule has 76 valence electrons. The third-order valence-electron chi connectivity index (χ3n) is 2.27. The SMILES string of the molecule is CC(C)c1sc2cncn2c1CCO. The summed E-state index contributed by atoms with van der Waals surface area (Å²) in [4.78, 5) is 6.62. The predicted molar refractivity (Wildman–Crippen MR) is 57.9 cm³/mol. The van der Waals surface area contributed by atoms with Crippen molar-refractivity contribution in [1.82, 2.24) is 9.38 Å². The Hall–Kier alpha value is -0.870. The largest absolute Gasteiger partial charge is 0.396 e. The number of nitrogens with zero attached hydrogens (tertiary/aromatic N) is 2. The fraction of sp³-hybridized carbons (Fsp3) is 0.500. The molecule has 0 spiro atoms. The maximum atomic E-state index is 9.01. The van der Waals surface area contributed by atoms with Crippen molar-refractivity contribution in [2.24, 2.45) is 0 Å². The summed E-state index contributed by atoms with van der Waals surface area (Å²) in [6.07, 6.45) is 4.41. The van der Waals surface area contributed by atoms with Crippen LogP contribution in [0.4, 0.5) is 0 Å². The molecule has 0 bridgehead atoms. The van der Waals surface area contributed by atoms with Crippen molar-refractivity contribution < 1.29 is 5.11 Å². The summed E-state index contributed by atoms with van der Waals surface area (Å²) in [5.74, 6) is 0.515. The molecule has 0 aromatic carbocycles. The molecule has 0 aliphatic rings. The van der Waals surface area contributed by atoms with E-state index in [0.717, 1.165) is 4.83 Å². The summed E-state index contributed by atoms with van der Waals surface area (Å²) in [6, 6.07) is 0. The number of fused-ring (bicyclic) bond motifs is 1. The van der Waals surface area contributed by atoms with E-state index in [4.69, 9.17) is 5.11 Å². The minimum absolute atomic E-state index is 0.198. The molecule has 3 nitrogen and oxygen atoms in total. The number of hydrogen-bond acceptors (Lipinski definition) is 3. The van der Waals surface area contributed by atoms with Crippen LogP contribution in [0.15, 0.2) is 12.5 Å². The van der Waals surface area contributed by atoms with Crippen molar-refractivity contribution in [3.63, 3.8) is 0 Å². The predicted octanol–water partition coefficient (Wildman–Crippen LogP) is 2.05. The Balaban J connectivity index is 2.57. The maximum absolute atomic E-state index is 9.01. The first kappa shape index (κ1) is 9.68. The quantitative estimate of drug-likeness (QED) is 0.842.